The van der Waals surface area contributed by atoms with Crippen LogP contribution in [-0.4, -0.2) is 34.8 Å². The Kier molecular flexibility index (Phi) is 6.07. The zero-order chi connectivity index (χ0) is 21.2. The van der Waals surface area contributed by atoms with Gasteiger partial charge in [-0.3, -0.25) is 14.5 Å². The number of anilines is 2. The Bertz CT molecular complexity index is 935. The number of carbonyl (C=O) groups excluding carboxylic acids is 2. The maximum Gasteiger partial charge on any atom is 0.416 e. The molecule has 0 atom stereocenters. The molecule has 1 heterocycles. The predicted octanol–water partition coefficient (Wildman–Crippen LogP) is 4.87. The number of likely N-dealkylation sites (N-methyl/N-ethyl adjacent to an activating group) is 1. The van der Waals surface area contributed by atoms with Crippen LogP contribution < -0.4 is 4.90 Å². The molecule has 0 radical (unpaired) electrons. The molecule has 2 amide bonds. The molecule has 1 fully saturated rings. The van der Waals surface area contributed by atoms with Crippen LogP contribution >= 0.6 is 11.3 Å². The van der Waals surface area contributed by atoms with Gasteiger partial charge in [-0.05, 0) is 43.5 Å². The van der Waals surface area contributed by atoms with E-state index in [1.54, 1.807) is 23.4 Å². The van der Waals surface area contributed by atoms with E-state index in [4.69, 9.17) is 0 Å². The van der Waals surface area contributed by atoms with E-state index >= 15 is 0 Å². The van der Waals surface area contributed by atoms with Gasteiger partial charge in [-0.2, -0.15) is 13.2 Å². The Morgan fingerprint density at radius 1 is 1.28 bits per heavy atom. The minimum atomic E-state index is -4.51. The third-order valence-electron chi connectivity index (χ3n) is 4.81. The zero-order valence-corrected chi connectivity index (χ0v) is 16.8. The SMILES string of the molecule is CC(=O)N(c1cccc(C(F)(F)F)c1)c1nc(/C=C/C(=O)N(C)C2CCC2)cs1. The highest BCUT2D eigenvalue weighted by atomic mass is 32.1. The van der Waals surface area contributed by atoms with Crippen LogP contribution in [0.2, 0.25) is 0 Å². The van der Waals surface area contributed by atoms with Crippen molar-refractivity contribution in [1.82, 2.24) is 9.88 Å². The van der Waals surface area contributed by atoms with E-state index < -0.39 is 17.6 Å². The number of benzene rings is 1. The maximum atomic E-state index is 13.0. The number of hydrogen-bond donors (Lipinski definition) is 0. The standard InChI is InChI=1S/C20H20F3N3O2S/c1-13(27)26(17-8-3-5-14(11-17)20(21,22)23)19-24-15(12-29-19)9-10-18(28)25(2)16-6-4-7-16/h3,5,8-12,16H,4,6-7H2,1-2H3/b10-9+. The average Bonchev–Trinajstić information content (AvgIpc) is 3.06. The zero-order valence-electron chi connectivity index (χ0n) is 15.9. The Hall–Kier alpha value is -2.68. The number of nitrogens with zero attached hydrogens (tertiary/aromatic N) is 3. The summed E-state index contributed by atoms with van der Waals surface area (Å²) < 4.78 is 39.0. The summed E-state index contributed by atoms with van der Waals surface area (Å²) in [5.41, 5.74) is -0.306. The maximum absolute atomic E-state index is 13.0. The van der Waals surface area contributed by atoms with Gasteiger partial charge in [-0.1, -0.05) is 6.07 Å². The number of thiazole rings is 1. The van der Waals surface area contributed by atoms with Gasteiger partial charge in [0.2, 0.25) is 11.8 Å². The number of alkyl halides is 3. The molecular weight excluding hydrogens is 403 g/mol. The summed E-state index contributed by atoms with van der Waals surface area (Å²) in [6, 6.07) is 4.80. The van der Waals surface area contributed by atoms with Crippen molar-refractivity contribution < 1.29 is 22.8 Å². The van der Waals surface area contributed by atoms with E-state index in [9.17, 15) is 22.8 Å². The predicted molar refractivity (Wildman–Crippen MR) is 106 cm³/mol. The number of aromatic nitrogens is 1. The van der Waals surface area contributed by atoms with Crippen LogP contribution in [0.1, 0.15) is 37.4 Å². The molecule has 2 aromatic rings. The fourth-order valence-electron chi connectivity index (χ4n) is 2.93. The summed E-state index contributed by atoms with van der Waals surface area (Å²) in [6.45, 7) is 1.26. The van der Waals surface area contributed by atoms with E-state index in [0.717, 1.165) is 47.6 Å². The lowest BCUT2D eigenvalue weighted by atomic mass is 9.92. The van der Waals surface area contributed by atoms with Gasteiger partial charge in [0.1, 0.15) is 0 Å². The molecule has 0 spiro atoms. The van der Waals surface area contributed by atoms with E-state index in [1.807, 2.05) is 0 Å². The lowest BCUT2D eigenvalue weighted by molar-refractivity contribution is -0.137. The number of amides is 2. The average molecular weight is 423 g/mol. The lowest BCUT2D eigenvalue weighted by Gasteiger charge is -2.34. The Morgan fingerprint density at radius 3 is 2.59 bits per heavy atom. The van der Waals surface area contributed by atoms with Crippen LogP contribution in [0.3, 0.4) is 0 Å². The first-order valence-corrected chi connectivity index (χ1v) is 9.93. The summed E-state index contributed by atoms with van der Waals surface area (Å²) in [5, 5.41) is 1.88. The van der Waals surface area contributed by atoms with Crippen molar-refractivity contribution in [2.75, 3.05) is 11.9 Å². The third kappa shape index (κ3) is 4.84. The molecule has 9 heteroatoms. The molecule has 0 unspecified atom stereocenters. The molecule has 0 N–H and O–H groups in total. The molecule has 1 saturated carbocycles. The van der Waals surface area contributed by atoms with Crippen LogP contribution in [0.25, 0.3) is 6.08 Å². The first-order chi connectivity index (χ1) is 13.7. The van der Waals surface area contributed by atoms with Crippen molar-refractivity contribution in [2.24, 2.45) is 0 Å². The molecule has 154 valence electrons. The minimum absolute atomic E-state index is 0.0815. The Balaban J connectivity index is 1.80. The smallest absolute Gasteiger partial charge is 0.339 e. The number of hydrogen-bond acceptors (Lipinski definition) is 4. The normalized spacial score (nSPS) is 14.7. The largest absolute Gasteiger partial charge is 0.416 e. The molecule has 29 heavy (non-hydrogen) atoms. The fourth-order valence-corrected chi connectivity index (χ4v) is 3.79. The quantitative estimate of drug-likeness (QED) is 0.645. The monoisotopic (exact) mass is 423 g/mol. The summed E-state index contributed by atoms with van der Waals surface area (Å²) in [5.74, 6) is -0.597. The van der Waals surface area contributed by atoms with Gasteiger partial charge >= 0.3 is 6.18 Å². The first-order valence-electron chi connectivity index (χ1n) is 9.05. The highest BCUT2D eigenvalue weighted by Gasteiger charge is 2.31. The van der Waals surface area contributed by atoms with Gasteiger partial charge in [0.05, 0.1) is 16.9 Å². The van der Waals surface area contributed by atoms with E-state index in [-0.39, 0.29) is 22.8 Å². The van der Waals surface area contributed by atoms with Crippen LogP contribution in [0.5, 0.6) is 0 Å². The topological polar surface area (TPSA) is 53.5 Å². The van der Waals surface area contributed by atoms with Gasteiger partial charge in [0.15, 0.2) is 5.13 Å². The highest BCUT2D eigenvalue weighted by molar-refractivity contribution is 7.14. The molecule has 3 rings (SSSR count). The number of rotatable bonds is 5. The van der Waals surface area contributed by atoms with Crippen molar-refractivity contribution in [2.45, 2.75) is 38.4 Å². The van der Waals surface area contributed by atoms with Crippen molar-refractivity contribution in [3.8, 4) is 0 Å². The number of halogens is 3. The van der Waals surface area contributed by atoms with Gasteiger partial charge < -0.3 is 4.90 Å². The molecule has 5 nitrogen and oxygen atoms in total. The summed E-state index contributed by atoms with van der Waals surface area (Å²) in [7, 11) is 1.76. The molecule has 0 bridgehead atoms. The molecular formula is C20H20F3N3O2S. The van der Waals surface area contributed by atoms with Gasteiger partial charge in [0, 0.05) is 31.5 Å². The van der Waals surface area contributed by atoms with E-state index in [0.29, 0.717) is 5.69 Å². The second-order valence-electron chi connectivity index (χ2n) is 6.82. The van der Waals surface area contributed by atoms with Crippen molar-refractivity contribution in [1.29, 1.82) is 0 Å². The first kappa shape index (κ1) is 21.0. The van der Waals surface area contributed by atoms with Gasteiger partial charge in [0.25, 0.3) is 0 Å². The Labute approximate surface area is 170 Å². The summed E-state index contributed by atoms with van der Waals surface area (Å²) in [4.78, 5) is 31.4. The fraction of sp³-hybridized carbons (Fsp3) is 0.350. The molecule has 1 aromatic carbocycles. The van der Waals surface area contributed by atoms with Gasteiger partial charge in [-0.25, -0.2) is 4.98 Å². The molecule has 0 saturated heterocycles. The van der Waals surface area contributed by atoms with Crippen molar-refractivity contribution in [3.05, 3.63) is 47.0 Å². The summed E-state index contributed by atoms with van der Waals surface area (Å²) in [6.07, 6.45) is 1.57. The molecule has 0 aliphatic heterocycles. The van der Waals surface area contributed by atoms with Crippen LogP contribution in [0.15, 0.2) is 35.7 Å². The summed E-state index contributed by atoms with van der Waals surface area (Å²) >= 11 is 1.11. The molecule has 1 aromatic heterocycles. The Morgan fingerprint density at radius 2 is 2.00 bits per heavy atom. The molecule has 1 aliphatic rings. The van der Waals surface area contributed by atoms with Crippen molar-refractivity contribution >= 4 is 40.0 Å². The van der Waals surface area contributed by atoms with Crippen LogP contribution in [0.4, 0.5) is 24.0 Å². The van der Waals surface area contributed by atoms with Crippen LogP contribution in [0, 0.1) is 0 Å². The van der Waals surface area contributed by atoms with Gasteiger partial charge in [-0.15, -0.1) is 11.3 Å². The number of carbonyl (C=O) groups is 2. The lowest BCUT2D eigenvalue weighted by Crippen LogP contribution is -2.40. The molecule has 1 aliphatic carbocycles. The van der Waals surface area contributed by atoms with E-state index in [2.05, 4.69) is 4.98 Å². The highest BCUT2D eigenvalue weighted by Crippen LogP contribution is 2.35. The second kappa shape index (κ2) is 8.36. The second-order valence-corrected chi connectivity index (χ2v) is 7.66. The van der Waals surface area contributed by atoms with E-state index in [1.165, 1.54) is 25.1 Å². The van der Waals surface area contributed by atoms with Crippen molar-refractivity contribution in [3.63, 3.8) is 0 Å². The van der Waals surface area contributed by atoms with Crippen LogP contribution in [-0.2, 0) is 15.8 Å². The third-order valence-corrected chi connectivity index (χ3v) is 5.66. The minimum Gasteiger partial charge on any atom is -0.339 e.